The summed E-state index contributed by atoms with van der Waals surface area (Å²) in [6, 6.07) is 25.3. The molecule has 4 aromatic rings. The Labute approximate surface area is 203 Å². The molecule has 0 spiro atoms. The lowest BCUT2D eigenvalue weighted by Crippen LogP contribution is -2.39. The smallest absolute Gasteiger partial charge is 0.306 e. The van der Waals surface area contributed by atoms with Gasteiger partial charge in [0.2, 0.25) is 0 Å². The highest BCUT2D eigenvalue weighted by atomic mass is 19.1. The summed E-state index contributed by atoms with van der Waals surface area (Å²) in [5.74, 6) is 0.382. The first kappa shape index (κ1) is 22.4. The summed E-state index contributed by atoms with van der Waals surface area (Å²) in [5.41, 5.74) is 10.8. The summed E-state index contributed by atoms with van der Waals surface area (Å²) >= 11 is 0. The summed E-state index contributed by atoms with van der Waals surface area (Å²) < 4.78 is 19.3. The maximum atomic E-state index is 13.4. The molecular weight excluding hydrogens is 443 g/mol. The molecule has 6 nitrogen and oxygen atoms in total. The molecule has 0 fully saturated rings. The molecule has 0 aliphatic heterocycles. The van der Waals surface area contributed by atoms with Gasteiger partial charge in [0, 0.05) is 17.5 Å². The van der Waals surface area contributed by atoms with Gasteiger partial charge in [0.05, 0.1) is 22.8 Å². The molecule has 1 amide bonds. The van der Waals surface area contributed by atoms with Gasteiger partial charge in [0.1, 0.15) is 11.6 Å². The standard InChI is InChI=1S/C28H25FN4O2/c1-19-26-24(31-30-21-17-15-20(29)16-18-21)13-8-14-25(26)35-27(19)28(34)32-33(22-9-4-2-5-10-22)23-11-6-3-7-12-23/h2-7,9-12,15-18,30H,8,13-14H2,1H3,(H,32,34)/b31-24+. The normalized spacial score (nSPS) is 13.8. The zero-order valence-corrected chi connectivity index (χ0v) is 19.3. The molecule has 0 radical (unpaired) electrons. The third kappa shape index (κ3) is 4.80. The molecule has 1 aliphatic carbocycles. The van der Waals surface area contributed by atoms with Crippen molar-refractivity contribution in [3.05, 3.63) is 113 Å². The molecule has 0 bridgehead atoms. The number of carbonyl (C=O) groups excluding carboxylic acids is 1. The number of fused-ring (bicyclic) bond motifs is 1. The van der Waals surface area contributed by atoms with Crippen molar-refractivity contribution in [3.63, 3.8) is 0 Å². The Hall–Kier alpha value is -4.39. The molecule has 1 heterocycles. The molecule has 35 heavy (non-hydrogen) atoms. The Bertz CT molecular complexity index is 1310. The molecule has 1 aromatic heterocycles. The van der Waals surface area contributed by atoms with Crippen LogP contribution in [-0.4, -0.2) is 11.6 Å². The topological polar surface area (TPSA) is 69.9 Å². The summed E-state index contributed by atoms with van der Waals surface area (Å²) in [6.07, 6.45) is 2.36. The number of furan rings is 1. The minimum absolute atomic E-state index is 0.267. The highest BCUT2D eigenvalue weighted by molar-refractivity contribution is 6.07. The summed E-state index contributed by atoms with van der Waals surface area (Å²) in [4.78, 5) is 13.4. The molecule has 176 valence electrons. The number of hydrogen-bond donors (Lipinski definition) is 2. The summed E-state index contributed by atoms with van der Waals surface area (Å²) in [5, 5.41) is 6.30. The number of halogens is 1. The van der Waals surface area contributed by atoms with Gasteiger partial charge in [-0.2, -0.15) is 5.10 Å². The van der Waals surface area contributed by atoms with Crippen molar-refractivity contribution in [1.29, 1.82) is 0 Å². The van der Waals surface area contributed by atoms with Gasteiger partial charge in [-0.1, -0.05) is 36.4 Å². The first-order chi connectivity index (χ1) is 17.1. The van der Waals surface area contributed by atoms with E-state index in [4.69, 9.17) is 4.42 Å². The molecular formula is C28H25FN4O2. The number of rotatable bonds is 6. The van der Waals surface area contributed by atoms with E-state index in [1.807, 2.05) is 67.6 Å². The van der Waals surface area contributed by atoms with E-state index in [0.29, 0.717) is 5.69 Å². The Balaban J connectivity index is 1.43. The van der Waals surface area contributed by atoms with Crippen molar-refractivity contribution in [2.45, 2.75) is 26.2 Å². The second kappa shape index (κ2) is 9.85. The number of hydrazine groups is 1. The van der Waals surface area contributed by atoms with E-state index in [0.717, 1.165) is 53.2 Å². The number of nitrogens with one attached hydrogen (secondary N) is 2. The van der Waals surface area contributed by atoms with Crippen molar-refractivity contribution >= 4 is 28.7 Å². The van der Waals surface area contributed by atoms with Gasteiger partial charge in [0.25, 0.3) is 0 Å². The lowest BCUT2D eigenvalue weighted by Gasteiger charge is -2.25. The van der Waals surface area contributed by atoms with E-state index < -0.39 is 0 Å². The number of amides is 1. The van der Waals surface area contributed by atoms with Crippen LogP contribution < -0.4 is 15.9 Å². The SMILES string of the molecule is Cc1c(C(=O)NN(c2ccccc2)c2ccccc2)oc2c1/C(=N/Nc1ccc(F)cc1)CCC2. The van der Waals surface area contributed by atoms with Gasteiger partial charge in [-0.25, -0.2) is 4.39 Å². The zero-order valence-electron chi connectivity index (χ0n) is 19.3. The van der Waals surface area contributed by atoms with Gasteiger partial charge in [-0.15, -0.1) is 0 Å². The van der Waals surface area contributed by atoms with Crippen molar-refractivity contribution < 1.29 is 13.6 Å². The molecule has 7 heteroatoms. The van der Waals surface area contributed by atoms with Crippen LogP contribution >= 0.6 is 0 Å². The van der Waals surface area contributed by atoms with E-state index >= 15 is 0 Å². The van der Waals surface area contributed by atoms with Crippen LogP contribution in [0, 0.1) is 12.7 Å². The molecule has 0 saturated carbocycles. The average molecular weight is 469 g/mol. The van der Waals surface area contributed by atoms with Gasteiger partial charge >= 0.3 is 5.91 Å². The first-order valence-electron chi connectivity index (χ1n) is 11.5. The number of carbonyl (C=O) groups is 1. The quantitative estimate of drug-likeness (QED) is 0.323. The monoisotopic (exact) mass is 468 g/mol. The zero-order chi connectivity index (χ0) is 24.2. The maximum Gasteiger partial charge on any atom is 0.306 e. The number of aryl methyl sites for hydroxylation is 1. The lowest BCUT2D eigenvalue weighted by molar-refractivity contribution is 0.0923. The lowest BCUT2D eigenvalue weighted by atomic mass is 9.93. The molecule has 1 aliphatic rings. The Morgan fingerprint density at radius 1 is 0.914 bits per heavy atom. The molecule has 0 saturated heterocycles. The molecule has 3 aromatic carbocycles. The Kier molecular flexibility index (Phi) is 6.30. The third-order valence-corrected chi connectivity index (χ3v) is 5.94. The van der Waals surface area contributed by atoms with Crippen molar-refractivity contribution in [1.82, 2.24) is 5.43 Å². The van der Waals surface area contributed by atoms with Crippen LogP contribution in [0.4, 0.5) is 21.5 Å². The van der Waals surface area contributed by atoms with Crippen LogP contribution in [0.1, 0.15) is 40.3 Å². The Morgan fingerprint density at radius 2 is 1.54 bits per heavy atom. The number of hydrazone groups is 1. The van der Waals surface area contributed by atoms with E-state index in [1.165, 1.54) is 12.1 Å². The second-order valence-corrected chi connectivity index (χ2v) is 8.33. The fourth-order valence-electron chi connectivity index (χ4n) is 4.24. The number of hydrogen-bond acceptors (Lipinski definition) is 5. The predicted molar refractivity (Wildman–Crippen MR) is 135 cm³/mol. The number of benzene rings is 3. The van der Waals surface area contributed by atoms with Gasteiger partial charge < -0.3 is 4.42 Å². The molecule has 2 N–H and O–H groups in total. The van der Waals surface area contributed by atoms with Crippen LogP contribution in [0.25, 0.3) is 0 Å². The average Bonchev–Trinajstić information content (AvgIpc) is 3.25. The predicted octanol–water partition coefficient (Wildman–Crippen LogP) is 6.36. The maximum absolute atomic E-state index is 13.4. The fourth-order valence-corrected chi connectivity index (χ4v) is 4.24. The first-order valence-corrected chi connectivity index (χ1v) is 11.5. The van der Waals surface area contributed by atoms with E-state index in [2.05, 4.69) is 16.0 Å². The van der Waals surface area contributed by atoms with Crippen molar-refractivity contribution in [2.24, 2.45) is 5.10 Å². The fraction of sp³-hybridized carbons (Fsp3) is 0.143. The van der Waals surface area contributed by atoms with Gasteiger partial charge in [-0.05, 0) is 68.3 Å². The van der Waals surface area contributed by atoms with Gasteiger partial charge in [0.15, 0.2) is 5.76 Å². The van der Waals surface area contributed by atoms with Crippen molar-refractivity contribution in [3.8, 4) is 0 Å². The molecule has 0 unspecified atom stereocenters. The largest absolute Gasteiger partial charge is 0.455 e. The van der Waals surface area contributed by atoms with E-state index in [1.54, 1.807) is 17.1 Å². The number of anilines is 3. The molecule has 0 atom stereocenters. The Morgan fingerprint density at radius 3 is 2.17 bits per heavy atom. The van der Waals surface area contributed by atoms with E-state index in [9.17, 15) is 9.18 Å². The highest BCUT2D eigenvalue weighted by Gasteiger charge is 2.29. The van der Waals surface area contributed by atoms with E-state index in [-0.39, 0.29) is 17.5 Å². The van der Waals surface area contributed by atoms with Crippen LogP contribution in [0.15, 0.2) is 94.4 Å². The van der Waals surface area contributed by atoms with Gasteiger partial charge in [-0.3, -0.25) is 20.7 Å². The highest BCUT2D eigenvalue weighted by Crippen LogP contribution is 2.31. The van der Waals surface area contributed by atoms with Crippen LogP contribution in [0.3, 0.4) is 0 Å². The minimum atomic E-state index is -0.338. The summed E-state index contributed by atoms with van der Waals surface area (Å²) in [6.45, 7) is 1.88. The van der Waals surface area contributed by atoms with Crippen molar-refractivity contribution in [2.75, 3.05) is 10.4 Å². The number of nitrogens with zero attached hydrogens (tertiary/aromatic N) is 2. The van der Waals surface area contributed by atoms with Crippen LogP contribution in [0.5, 0.6) is 0 Å². The van der Waals surface area contributed by atoms with Crippen LogP contribution in [-0.2, 0) is 6.42 Å². The minimum Gasteiger partial charge on any atom is -0.455 e. The third-order valence-electron chi connectivity index (χ3n) is 5.94. The van der Waals surface area contributed by atoms with Crippen LogP contribution in [0.2, 0.25) is 0 Å². The molecule has 5 rings (SSSR count). The number of para-hydroxylation sites is 2. The second-order valence-electron chi connectivity index (χ2n) is 8.33. The summed E-state index contributed by atoms with van der Waals surface area (Å²) in [7, 11) is 0.